The molecule has 1 amide bonds. The predicted octanol–water partition coefficient (Wildman–Crippen LogP) is 1.85. The van der Waals surface area contributed by atoms with Crippen molar-refractivity contribution in [3.05, 3.63) is 30.1 Å². The minimum absolute atomic E-state index is 0.0460. The summed E-state index contributed by atoms with van der Waals surface area (Å²) >= 11 is 1.47. The van der Waals surface area contributed by atoms with Crippen molar-refractivity contribution in [2.24, 2.45) is 11.8 Å². The lowest BCUT2D eigenvalue weighted by Gasteiger charge is -2.14. The molecule has 2 atom stereocenters. The van der Waals surface area contributed by atoms with Crippen molar-refractivity contribution in [3.8, 4) is 0 Å². The minimum atomic E-state index is -0.845. The van der Waals surface area contributed by atoms with Gasteiger partial charge in [-0.25, -0.2) is 4.98 Å². The first kappa shape index (κ1) is 14.9. The summed E-state index contributed by atoms with van der Waals surface area (Å²) in [6.07, 6.45) is 3.78. The first-order chi connectivity index (χ1) is 10.5. The summed E-state index contributed by atoms with van der Waals surface area (Å²) in [4.78, 5) is 30.0. The fourth-order valence-corrected chi connectivity index (χ4v) is 3.45. The Balaban J connectivity index is 1.95. The third kappa shape index (κ3) is 2.35. The number of carbonyl (C=O) groups is 2. The van der Waals surface area contributed by atoms with Gasteiger partial charge in [0.15, 0.2) is 10.9 Å². The molecule has 1 fully saturated rings. The smallest absolute Gasteiger partial charge is 0.308 e. The summed E-state index contributed by atoms with van der Waals surface area (Å²) in [5, 5.41) is 9.96. The number of likely N-dealkylation sites (tertiary alicyclic amines) is 1. The fraction of sp³-hybridized carbons (Fsp3) is 0.400. The Morgan fingerprint density at radius 3 is 2.77 bits per heavy atom. The number of amides is 1. The van der Waals surface area contributed by atoms with Crippen LogP contribution in [-0.2, 0) is 4.79 Å². The summed E-state index contributed by atoms with van der Waals surface area (Å²) in [6, 6.07) is 5.61. The Hall–Kier alpha value is -2.02. The quantitative estimate of drug-likeness (QED) is 0.874. The van der Waals surface area contributed by atoms with E-state index in [9.17, 15) is 14.7 Å². The van der Waals surface area contributed by atoms with Crippen LogP contribution in [0.5, 0.6) is 0 Å². The summed E-state index contributed by atoms with van der Waals surface area (Å²) in [6.45, 7) is 2.57. The van der Waals surface area contributed by atoms with Gasteiger partial charge in [-0.15, -0.1) is 0 Å². The number of nitrogens with zero attached hydrogens (tertiary/aromatic N) is 3. The standard InChI is InChI=1S/C15H17N3O3S/c1-9-7-17(8-10(9)14(20)21)13(19)12-11-5-3-4-6-18(11)15(16-12)22-2/h3-6,9-10H,7-8H2,1-2H3,(H,20,21)/t9-,10-/m1/s1. The molecule has 3 heterocycles. The third-order valence-electron chi connectivity index (χ3n) is 4.12. The number of carboxylic acids is 1. The Kier molecular flexibility index (Phi) is 3.82. The van der Waals surface area contributed by atoms with Crippen LogP contribution < -0.4 is 0 Å². The molecule has 0 aliphatic carbocycles. The van der Waals surface area contributed by atoms with Gasteiger partial charge >= 0.3 is 5.97 Å². The number of fused-ring (bicyclic) bond motifs is 1. The van der Waals surface area contributed by atoms with E-state index in [2.05, 4.69) is 4.98 Å². The molecule has 2 aromatic rings. The molecule has 1 aliphatic heterocycles. The van der Waals surface area contributed by atoms with Crippen molar-refractivity contribution in [3.63, 3.8) is 0 Å². The van der Waals surface area contributed by atoms with Crippen LogP contribution in [0.2, 0.25) is 0 Å². The van der Waals surface area contributed by atoms with E-state index in [4.69, 9.17) is 0 Å². The highest BCUT2D eigenvalue weighted by molar-refractivity contribution is 7.98. The Labute approximate surface area is 132 Å². The Morgan fingerprint density at radius 1 is 1.36 bits per heavy atom. The van der Waals surface area contributed by atoms with Gasteiger partial charge < -0.3 is 10.0 Å². The average molecular weight is 319 g/mol. The van der Waals surface area contributed by atoms with Crippen molar-refractivity contribution >= 4 is 29.2 Å². The molecule has 0 aromatic carbocycles. The number of pyridine rings is 1. The largest absolute Gasteiger partial charge is 0.481 e. The lowest BCUT2D eigenvalue weighted by Crippen LogP contribution is -2.30. The number of imidazole rings is 1. The molecule has 1 N–H and O–H groups in total. The lowest BCUT2D eigenvalue weighted by molar-refractivity contribution is -0.142. The molecule has 0 saturated carbocycles. The van der Waals surface area contributed by atoms with E-state index in [1.165, 1.54) is 11.8 Å². The first-order valence-electron chi connectivity index (χ1n) is 7.06. The fourth-order valence-electron chi connectivity index (χ4n) is 2.91. The predicted molar refractivity (Wildman–Crippen MR) is 83.2 cm³/mol. The molecular formula is C15H17N3O3S. The van der Waals surface area contributed by atoms with Gasteiger partial charge in [-0.05, 0) is 24.3 Å². The maximum absolute atomic E-state index is 12.8. The van der Waals surface area contributed by atoms with E-state index in [1.54, 1.807) is 4.90 Å². The number of hydrogen-bond acceptors (Lipinski definition) is 4. The normalized spacial score (nSPS) is 21.5. The molecule has 7 heteroatoms. The molecule has 0 unspecified atom stereocenters. The molecule has 22 heavy (non-hydrogen) atoms. The van der Waals surface area contributed by atoms with Crippen molar-refractivity contribution in [1.29, 1.82) is 0 Å². The summed E-state index contributed by atoms with van der Waals surface area (Å²) < 4.78 is 1.88. The molecular weight excluding hydrogens is 302 g/mol. The van der Waals surface area contributed by atoms with Crippen molar-refractivity contribution in [1.82, 2.24) is 14.3 Å². The van der Waals surface area contributed by atoms with E-state index in [1.807, 2.05) is 42.0 Å². The van der Waals surface area contributed by atoms with Crippen LogP contribution in [0, 0.1) is 11.8 Å². The highest BCUT2D eigenvalue weighted by Crippen LogP contribution is 2.27. The number of hydrogen-bond donors (Lipinski definition) is 1. The van der Waals surface area contributed by atoms with Crippen LogP contribution >= 0.6 is 11.8 Å². The van der Waals surface area contributed by atoms with Gasteiger partial charge in [0.25, 0.3) is 5.91 Å². The molecule has 3 rings (SSSR count). The number of thioether (sulfide) groups is 1. The number of aromatic nitrogens is 2. The second kappa shape index (κ2) is 5.64. The van der Waals surface area contributed by atoms with Gasteiger partial charge in [0.2, 0.25) is 0 Å². The van der Waals surface area contributed by atoms with E-state index < -0.39 is 11.9 Å². The molecule has 1 aliphatic rings. The van der Waals surface area contributed by atoms with E-state index >= 15 is 0 Å². The van der Waals surface area contributed by atoms with Gasteiger partial charge in [-0.2, -0.15) is 0 Å². The van der Waals surface area contributed by atoms with E-state index in [0.717, 1.165) is 10.7 Å². The third-order valence-corrected chi connectivity index (χ3v) is 4.77. The molecule has 0 spiro atoms. The second-order valence-electron chi connectivity index (χ2n) is 5.54. The zero-order chi connectivity index (χ0) is 15.9. The Bertz CT molecular complexity index is 743. The van der Waals surface area contributed by atoms with Crippen LogP contribution in [0.25, 0.3) is 5.52 Å². The van der Waals surface area contributed by atoms with E-state index in [-0.39, 0.29) is 18.4 Å². The van der Waals surface area contributed by atoms with Crippen LogP contribution in [0.4, 0.5) is 0 Å². The zero-order valence-electron chi connectivity index (χ0n) is 12.4. The number of carbonyl (C=O) groups excluding carboxylic acids is 1. The maximum Gasteiger partial charge on any atom is 0.308 e. The van der Waals surface area contributed by atoms with Crippen LogP contribution in [-0.4, -0.2) is 50.6 Å². The van der Waals surface area contributed by atoms with Crippen LogP contribution in [0.3, 0.4) is 0 Å². The molecule has 6 nitrogen and oxygen atoms in total. The average Bonchev–Trinajstić information content (AvgIpc) is 3.07. The van der Waals surface area contributed by atoms with Crippen LogP contribution in [0.1, 0.15) is 17.4 Å². The highest BCUT2D eigenvalue weighted by atomic mass is 32.2. The van der Waals surface area contributed by atoms with Crippen molar-refractivity contribution < 1.29 is 14.7 Å². The monoisotopic (exact) mass is 319 g/mol. The summed E-state index contributed by atoms with van der Waals surface area (Å²) in [5.41, 5.74) is 1.14. The second-order valence-corrected chi connectivity index (χ2v) is 6.31. The molecule has 2 aromatic heterocycles. The number of aliphatic carboxylic acids is 1. The van der Waals surface area contributed by atoms with Gasteiger partial charge in [-0.1, -0.05) is 24.8 Å². The molecule has 116 valence electrons. The topological polar surface area (TPSA) is 74.9 Å². The SMILES string of the molecule is CSc1nc(C(=O)N2C[C@@H](C)[C@H](C(=O)O)C2)c2ccccn12. The van der Waals surface area contributed by atoms with Gasteiger partial charge in [0, 0.05) is 19.3 Å². The van der Waals surface area contributed by atoms with Gasteiger partial charge in [0.1, 0.15) is 0 Å². The van der Waals surface area contributed by atoms with E-state index in [0.29, 0.717) is 12.2 Å². The van der Waals surface area contributed by atoms with Gasteiger partial charge in [-0.3, -0.25) is 14.0 Å². The number of carboxylic acid groups (broad SMARTS) is 1. The first-order valence-corrected chi connectivity index (χ1v) is 8.28. The molecule has 0 bridgehead atoms. The molecule has 1 saturated heterocycles. The summed E-state index contributed by atoms with van der Waals surface area (Å²) in [5.74, 6) is -1.59. The highest BCUT2D eigenvalue weighted by Gasteiger charge is 2.38. The maximum atomic E-state index is 12.8. The lowest BCUT2D eigenvalue weighted by atomic mass is 9.99. The van der Waals surface area contributed by atoms with Gasteiger partial charge in [0.05, 0.1) is 11.4 Å². The molecule has 0 radical (unpaired) electrons. The van der Waals surface area contributed by atoms with Crippen LogP contribution in [0.15, 0.2) is 29.6 Å². The van der Waals surface area contributed by atoms with Crippen molar-refractivity contribution in [2.75, 3.05) is 19.3 Å². The van der Waals surface area contributed by atoms with Crippen molar-refractivity contribution in [2.45, 2.75) is 12.1 Å². The Morgan fingerprint density at radius 2 is 2.14 bits per heavy atom. The number of rotatable bonds is 3. The summed E-state index contributed by atoms with van der Waals surface area (Å²) in [7, 11) is 0. The zero-order valence-corrected chi connectivity index (χ0v) is 13.2. The minimum Gasteiger partial charge on any atom is -0.481 e.